The molecule has 0 atom stereocenters. The zero-order chi connectivity index (χ0) is 23.0. The predicted molar refractivity (Wildman–Crippen MR) is 121 cm³/mol. The molecule has 0 bridgehead atoms. The molecule has 3 aromatic rings. The lowest BCUT2D eigenvalue weighted by atomic mass is 10.00. The number of sulfonamides is 1. The Labute approximate surface area is 187 Å². The van der Waals surface area contributed by atoms with Crippen LogP contribution in [0.2, 0.25) is 0 Å². The number of nitrogens with two attached hydrogens (primary N) is 1. The maximum absolute atomic E-state index is 12.5. The van der Waals surface area contributed by atoms with Crippen LogP contribution >= 0.6 is 0 Å². The average molecular weight is 453 g/mol. The van der Waals surface area contributed by atoms with E-state index in [0.29, 0.717) is 24.9 Å². The van der Waals surface area contributed by atoms with Crippen molar-refractivity contribution in [2.24, 2.45) is 5.14 Å². The third-order valence-corrected chi connectivity index (χ3v) is 5.73. The number of carbonyl (C=O) groups is 2. The van der Waals surface area contributed by atoms with E-state index in [0.717, 1.165) is 16.7 Å². The molecule has 1 amide bonds. The molecular weight excluding hydrogens is 428 g/mol. The van der Waals surface area contributed by atoms with Gasteiger partial charge in [0.1, 0.15) is 0 Å². The third-order valence-electron chi connectivity index (χ3n) is 4.80. The lowest BCUT2D eigenvalue weighted by molar-refractivity contribution is -0.124. The van der Waals surface area contributed by atoms with Crippen molar-refractivity contribution in [1.82, 2.24) is 5.32 Å². The van der Waals surface area contributed by atoms with E-state index in [4.69, 9.17) is 9.88 Å². The monoisotopic (exact) mass is 452 g/mol. The Morgan fingerprint density at radius 2 is 1.50 bits per heavy atom. The first-order chi connectivity index (χ1) is 15.3. The summed E-state index contributed by atoms with van der Waals surface area (Å²) in [5.74, 6) is -0.967. The Kier molecular flexibility index (Phi) is 7.75. The van der Waals surface area contributed by atoms with Crippen LogP contribution in [0.3, 0.4) is 0 Å². The molecule has 3 rings (SSSR count). The summed E-state index contributed by atoms with van der Waals surface area (Å²) in [6, 6.07) is 23.0. The number of nitrogens with one attached hydrogen (secondary N) is 1. The fourth-order valence-electron chi connectivity index (χ4n) is 3.14. The summed E-state index contributed by atoms with van der Waals surface area (Å²) < 4.78 is 27.7. The minimum absolute atomic E-state index is 0.0322. The van der Waals surface area contributed by atoms with Gasteiger partial charge in [0.05, 0.1) is 10.5 Å². The van der Waals surface area contributed by atoms with Crippen molar-refractivity contribution < 1.29 is 22.7 Å². The summed E-state index contributed by atoms with van der Waals surface area (Å²) in [6.07, 6.45) is 1.08. The molecule has 0 unspecified atom stereocenters. The Hall–Kier alpha value is -3.49. The van der Waals surface area contributed by atoms with Crippen LogP contribution in [0.25, 0.3) is 0 Å². The number of carbonyl (C=O) groups excluding carboxylic acids is 2. The second-order valence-electron chi connectivity index (χ2n) is 7.18. The fraction of sp³-hybridized carbons (Fsp3) is 0.167. The van der Waals surface area contributed by atoms with Gasteiger partial charge in [-0.3, -0.25) is 4.79 Å². The predicted octanol–water partition coefficient (Wildman–Crippen LogP) is 2.44. The Morgan fingerprint density at radius 3 is 2.19 bits per heavy atom. The van der Waals surface area contributed by atoms with Gasteiger partial charge in [0.15, 0.2) is 6.61 Å². The highest BCUT2D eigenvalue weighted by molar-refractivity contribution is 7.89. The van der Waals surface area contributed by atoms with E-state index in [1.165, 1.54) is 12.1 Å². The van der Waals surface area contributed by atoms with Crippen LogP contribution in [0.1, 0.15) is 27.0 Å². The number of amides is 1. The number of rotatable bonds is 9. The van der Waals surface area contributed by atoms with Crippen LogP contribution in [0, 0.1) is 0 Å². The van der Waals surface area contributed by atoms with E-state index in [9.17, 15) is 18.0 Å². The molecule has 0 fully saturated rings. The van der Waals surface area contributed by atoms with Crippen molar-refractivity contribution in [1.29, 1.82) is 0 Å². The van der Waals surface area contributed by atoms with Gasteiger partial charge in [-0.15, -0.1) is 0 Å². The van der Waals surface area contributed by atoms with Crippen molar-refractivity contribution in [2.45, 2.75) is 17.7 Å². The minimum Gasteiger partial charge on any atom is -0.452 e. The lowest BCUT2D eigenvalue weighted by Gasteiger charge is -2.10. The SMILES string of the molecule is NS(=O)(=O)c1ccc(CCNC(=O)COC(=O)c2ccccc2Cc2ccccc2)cc1. The van der Waals surface area contributed by atoms with Crippen molar-refractivity contribution in [3.05, 3.63) is 101 Å². The van der Waals surface area contributed by atoms with Crippen LogP contribution in [0.5, 0.6) is 0 Å². The van der Waals surface area contributed by atoms with E-state index in [2.05, 4.69) is 5.32 Å². The highest BCUT2D eigenvalue weighted by Gasteiger charge is 2.14. The summed E-state index contributed by atoms with van der Waals surface area (Å²) in [4.78, 5) is 24.6. The quantitative estimate of drug-likeness (QED) is 0.484. The van der Waals surface area contributed by atoms with Gasteiger partial charge in [0.2, 0.25) is 10.0 Å². The molecule has 0 aliphatic heterocycles. The molecule has 32 heavy (non-hydrogen) atoms. The largest absolute Gasteiger partial charge is 0.452 e. The number of primary sulfonamides is 1. The van der Waals surface area contributed by atoms with Crippen LogP contribution in [0.4, 0.5) is 0 Å². The summed E-state index contributed by atoms with van der Waals surface area (Å²) in [7, 11) is -3.73. The first-order valence-electron chi connectivity index (χ1n) is 10.0. The normalized spacial score (nSPS) is 11.0. The molecule has 0 aliphatic carbocycles. The number of hydrogen-bond acceptors (Lipinski definition) is 5. The van der Waals surface area contributed by atoms with E-state index >= 15 is 0 Å². The van der Waals surface area contributed by atoms with E-state index in [-0.39, 0.29) is 11.5 Å². The van der Waals surface area contributed by atoms with Gasteiger partial charge >= 0.3 is 5.97 Å². The maximum Gasteiger partial charge on any atom is 0.338 e. The molecule has 8 heteroatoms. The first-order valence-corrected chi connectivity index (χ1v) is 11.5. The fourth-order valence-corrected chi connectivity index (χ4v) is 3.66. The standard InChI is InChI=1S/C24H24N2O5S/c25-32(29,30)21-12-10-18(11-13-21)14-15-26-23(27)17-31-24(28)22-9-5-4-8-20(22)16-19-6-2-1-3-7-19/h1-13H,14-17H2,(H,26,27)(H2,25,29,30). The Morgan fingerprint density at radius 1 is 0.844 bits per heavy atom. The van der Waals surface area contributed by atoms with Crippen molar-refractivity contribution >= 4 is 21.9 Å². The van der Waals surface area contributed by atoms with E-state index in [1.807, 2.05) is 42.5 Å². The average Bonchev–Trinajstić information content (AvgIpc) is 2.78. The van der Waals surface area contributed by atoms with Gasteiger partial charge in [-0.2, -0.15) is 0 Å². The minimum atomic E-state index is -3.73. The van der Waals surface area contributed by atoms with Crippen LogP contribution in [0.15, 0.2) is 83.8 Å². The van der Waals surface area contributed by atoms with Crippen LogP contribution < -0.4 is 10.5 Å². The second kappa shape index (κ2) is 10.7. The van der Waals surface area contributed by atoms with Crippen molar-refractivity contribution in [3.63, 3.8) is 0 Å². The van der Waals surface area contributed by atoms with Crippen LogP contribution in [-0.4, -0.2) is 33.4 Å². The van der Waals surface area contributed by atoms with E-state index in [1.54, 1.807) is 24.3 Å². The zero-order valence-corrected chi connectivity index (χ0v) is 18.2. The molecule has 3 aromatic carbocycles. The molecule has 0 heterocycles. The topological polar surface area (TPSA) is 116 Å². The highest BCUT2D eigenvalue weighted by Crippen LogP contribution is 2.15. The molecule has 0 aliphatic rings. The molecule has 0 spiro atoms. The molecule has 0 saturated heterocycles. The molecule has 3 N–H and O–H groups in total. The second-order valence-corrected chi connectivity index (χ2v) is 8.75. The lowest BCUT2D eigenvalue weighted by Crippen LogP contribution is -2.30. The number of ether oxygens (including phenoxy) is 1. The Bertz CT molecular complexity index is 1180. The summed E-state index contributed by atoms with van der Waals surface area (Å²) in [6.45, 7) is -0.0709. The molecule has 0 saturated carbocycles. The van der Waals surface area contributed by atoms with E-state index < -0.39 is 21.9 Å². The number of esters is 1. The summed E-state index contributed by atoms with van der Waals surface area (Å²) >= 11 is 0. The van der Waals surface area contributed by atoms with Crippen LogP contribution in [-0.2, 0) is 32.4 Å². The van der Waals surface area contributed by atoms with Gasteiger partial charge in [0.25, 0.3) is 5.91 Å². The Balaban J connectivity index is 1.47. The van der Waals surface area contributed by atoms with Gasteiger partial charge < -0.3 is 10.1 Å². The third kappa shape index (κ3) is 6.76. The summed E-state index contributed by atoms with van der Waals surface area (Å²) in [5, 5.41) is 7.75. The highest BCUT2D eigenvalue weighted by atomic mass is 32.2. The maximum atomic E-state index is 12.5. The van der Waals surface area contributed by atoms with Gasteiger partial charge in [-0.25, -0.2) is 18.4 Å². The summed E-state index contributed by atoms with van der Waals surface area (Å²) in [5.41, 5.74) is 3.17. The molecule has 0 aromatic heterocycles. The van der Waals surface area contributed by atoms with Gasteiger partial charge in [-0.05, 0) is 47.7 Å². The number of benzene rings is 3. The molecular formula is C24H24N2O5S. The number of hydrogen-bond donors (Lipinski definition) is 2. The molecule has 166 valence electrons. The van der Waals surface area contributed by atoms with Crippen molar-refractivity contribution in [3.8, 4) is 0 Å². The smallest absolute Gasteiger partial charge is 0.338 e. The molecule has 7 nitrogen and oxygen atoms in total. The van der Waals surface area contributed by atoms with Gasteiger partial charge in [0, 0.05) is 6.54 Å². The zero-order valence-electron chi connectivity index (χ0n) is 17.4. The van der Waals surface area contributed by atoms with Gasteiger partial charge in [-0.1, -0.05) is 60.7 Å². The van der Waals surface area contributed by atoms with Crippen molar-refractivity contribution in [2.75, 3.05) is 13.2 Å². The molecule has 0 radical (unpaired) electrons. The first kappa shape index (κ1) is 23.2.